The van der Waals surface area contributed by atoms with Crippen molar-refractivity contribution in [2.24, 2.45) is 5.41 Å². The van der Waals surface area contributed by atoms with Gasteiger partial charge in [-0.15, -0.1) is 0 Å². The van der Waals surface area contributed by atoms with Crippen LogP contribution in [0.2, 0.25) is 0 Å². The Bertz CT molecular complexity index is 1240. The second-order valence-corrected chi connectivity index (χ2v) is 18.1. The molecular weight excluding hydrogens is 799 g/mol. The number of nitrogens with one attached hydrogen (secondary N) is 4. The van der Waals surface area contributed by atoms with Crippen molar-refractivity contribution in [3.8, 4) is 0 Å². The topological polar surface area (TPSA) is 211 Å². The van der Waals surface area contributed by atoms with E-state index >= 15 is 0 Å². The Kier molecular flexibility index (Phi) is 34.3. The van der Waals surface area contributed by atoms with Crippen LogP contribution in [0.5, 0.6) is 0 Å². The van der Waals surface area contributed by atoms with Gasteiger partial charge in [-0.3, -0.25) is 28.9 Å². The predicted octanol–water partition coefficient (Wildman–Crippen LogP) is 5.34. The van der Waals surface area contributed by atoms with E-state index < -0.39 is 17.4 Å². The Morgan fingerprint density at radius 2 is 1.00 bits per heavy atom. The van der Waals surface area contributed by atoms with E-state index in [-0.39, 0.29) is 126 Å². The van der Waals surface area contributed by atoms with E-state index in [1.165, 1.54) is 44.9 Å². The number of hydrogen-bond donors (Lipinski definition) is 5. The van der Waals surface area contributed by atoms with Gasteiger partial charge in [-0.05, 0) is 59.9 Å². The average Bonchev–Trinajstić information content (AvgIpc) is 3.20. The van der Waals surface area contributed by atoms with Gasteiger partial charge in [-0.1, -0.05) is 91.9 Å². The van der Waals surface area contributed by atoms with Crippen molar-refractivity contribution in [3.05, 3.63) is 0 Å². The lowest BCUT2D eigenvalue weighted by atomic mass is 9.83. The van der Waals surface area contributed by atoms with Crippen molar-refractivity contribution in [3.63, 3.8) is 0 Å². The summed E-state index contributed by atoms with van der Waals surface area (Å²) in [4.78, 5) is 75.4. The smallest absolute Gasteiger partial charge is 0.326 e. The van der Waals surface area contributed by atoms with Gasteiger partial charge in [0.25, 0.3) is 0 Å². The first-order chi connectivity index (χ1) is 29.4. The summed E-state index contributed by atoms with van der Waals surface area (Å²) in [6.07, 6.45) is 15.4. The van der Waals surface area contributed by atoms with Crippen LogP contribution in [0.15, 0.2) is 0 Å². The molecule has 362 valence electrons. The SMILES string of the molecule is CCCCCCCCCCCCCC(=O)N[C@@H](CCC(=O)NCCOCCOCC(=O)NCCOCCOCC(=O)NCCCCC(C(=O)C(C)(C)C)N(C)C(C)(C)C)C(=O)O. The second-order valence-electron chi connectivity index (χ2n) is 18.1. The molecule has 0 fully saturated rings. The molecular formula is C46H87N5O11. The van der Waals surface area contributed by atoms with Gasteiger partial charge in [0, 0.05) is 43.4 Å². The highest BCUT2D eigenvalue weighted by molar-refractivity contribution is 5.88. The van der Waals surface area contributed by atoms with Crippen LogP contribution in [0.4, 0.5) is 0 Å². The quantitative estimate of drug-likeness (QED) is 0.0495. The van der Waals surface area contributed by atoms with Gasteiger partial charge in [-0.25, -0.2) is 4.79 Å². The Labute approximate surface area is 373 Å². The Morgan fingerprint density at radius 3 is 1.48 bits per heavy atom. The molecule has 0 aromatic heterocycles. The predicted molar refractivity (Wildman–Crippen MR) is 242 cm³/mol. The lowest BCUT2D eigenvalue weighted by Crippen LogP contribution is -2.51. The third-order valence-electron chi connectivity index (χ3n) is 10.4. The normalized spacial score (nSPS) is 12.8. The number of carboxylic acid groups (broad SMARTS) is 1. The summed E-state index contributed by atoms with van der Waals surface area (Å²) in [5.41, 5.74) is -0.560. The molecule has 16 heteroatoms. The number of aliphatic carboxylic acids is 1. The minimum Gasteiger partial charge on any atom is -0.480 e. The lowest BCUT2D eigenvalue weighted by Gasteiger charge is -2.40. The Balaban J connectivity index is 3.81. The molecule has 0 bridgehead atoms. The first-order valence-corrected chi connectivity index (χ1v) is 23.3. The number of carboxylic acids is 1. The molecule has 0 aromatic carbocycles. The van der Waals surface area contributed by atoms with Gasteiger partial charge in [0.1, 0.15) is 19.3 Å². The standard InChI is InChI=1S/C46H87N5O11/c1-9-10-11-12-13-14-15-16-17-18-19-23-40(53)50-37(44(57)58)24-25-39(52)48-27-29-59-31-34-62-36-42(55)49-28-30-60-32-33-61-35-41(54)47-26-21-20-22-38(43(56)45(2,3)4)51(8)46(5,6)7/h37-38H,9-36H2,1-8H3,(H,47,54)(H,48,52)(H,49,55)(H,50,53)(H,57,58)/t37-,38?/m0/s1. The summed E-state index contributed by atoms with van der Waals surface area (Å²) in [6.45, 7) is 16.5. The molecule has 1 unspecified atom stereocenters. The average molecular weight is 886 g/mol. The summed E-state index contributed by atoms with van der Waals surface area (Å²) in [5, 5.41) is 20.2. The molecule has 0 radical (unpaired) electrons. The zero-order chi connectivity index (χ0) is 46.7. The number of rotatable bonds is 40. The summed E-state index contributed by atoms with van der Waals surface area (Å²) in [5.74, 6) is -2.11. The molecule has 0 saturated carbocycles. The molecule has 0 rings (SSSR count). The van der Waals surface area contributed by atoms with Gasteiger partial charge < -0.3 is 45.3 Å². The largest absolute Gasteiger partial charge is 0.480 e. The van der Waals surface area contributed by atoms with Crippen molar-refractivity contribution in [1.29, 1.82) is 0 Å². The maximum absolute atomic E-state index is 13.1. The second kappa shape index (κ2) is 36.2. The van der Waals surface area contributed by atoms with Crippen LogP contribution < -0.4 is 21.3 Å². The van der Waals surface area contributed by atoms with Crippen LogP contribution >= 0.6 is 0 Å². The highest BCUT2D eigenvalue weighted by atomic mass is 16.5. The van der Waals surface area contributed by atoms with Crippen LogP contribution in [-0.2, 0) is 47.7 Å². The highest BCUT2D eigenvalue weighted by Crippen LogP contribution is 2.26. The fourth-order valence-electron chi connectivity index (χ4n) is 6.39. The summed E-state index contributed by atoms with van der Waals surface area (Å²) in [6, 6.07) is -1.30. The minimum absolute atomic E-state index is 0.00797. The zero-order valence-electron chi connectivity index (χ0n) is 39.9. The van der Waals surface area contributed by atoms with E-state index in [0.29, 0.717) is 6.54 Å². The molecule has 4 amide bonds. The van der Waals surface area contributed by atoms with Crippen molar-refractivity contribution < 1.29 is 52.8 Å². The van der Waals surface area contributed by atoms with Crippen molar-refractivity contribution in [1.82, 2.24) is 26.2 Å². The molecule has 0 aliphatic carbocycles. The first kappa shape index (κ1) is 58.8. The van der Waals surface area contributed by atoms with Gasteiger partial charge in [-0.2, -0.15) is 0 Å². The third kappa shape index (κ3) is 33.4. The van der Waals surface area contributed by atoms with E-state index in [4.69, 9.17) is 18.9 Å². The number of Topliss-reactive ketones (excluding diaryl/α,β-unsaturated/α-hetero) is 1. The fraction of sp³-hybridized carbons (Fsp3) is 0.870. The maximum Gasteiger partial charge on any atom is 0.326 e. The fourth-order valence-corrected chi connectivity index (χ4v) is 6.39. The van der Waals surface area contributed by atoms with Crippen LogP contribution in [0.3, 0.4) is 0 Å². The number of unbranched alkanes of at least 4 members (excludes halogenated alkanes) is 11. The summed E-state index contributed by atoms with van der Waals surface area (Å²) < 4.78 is 21.5. The van der Waals surface area contributed by atoms with E-state index in [1.54, 1.807) is 0 Å². The van der Waals surface area contributed by atoms with Crippen LogP contribution in [-0.4, -0.2) is 143 Å². The number of likely N-dealkylation sites (N-methyl/N-ethyl adjacent to an activating group) is 1. The van der Waals surface area contributed by atoms with E-state index in [2.05, 4.69) is 53.9 Å². The number of carbonyl (C=O) groups is 6. The molecule has 0 aliphatic rings. The van der Waals surface area contributed by atoms with Crippen LogP contribution in [0.25, 0.3) is 0 Å². The van der Waals surface area contributed by atoms with Crippen LogP contribution in [0.1, 0.15) is 158 Å². The number of nitrogens with zero attached hydrogens (tertiary/aromatic N) is 1. The third-order valence-corrected chi connectivity index (χ3v) is 10.4. The number of hydrogen-bond acceptors (Lipinski definition) is 11. The summed E-state index contributed by atoms with van der Waals surface area (Å²) in [7, 11) is 2.00. The summed E-state index contributed by atoms with van der Waals surface area (Å²) >= 11 is 0. The molecule has 5 N–H and O–H groups in total. The van der Waals surface area contributed by atoms with Gasteiger partial charge in [0.15, 0.2) is 5.78 Å². The first-order valence-electron chi connectivity index (χ1n) is 23.3. The minimum atomic E-state index is -1.17. The van der Waals surface area contributed by atoms with E-state index in [9.17, 15) is 33.9 Å². The number of ether oxygens (including phenoxy) is 4. The monoisotopic (exact) mass is 886 g/mol. The van der Waals surface area contributed by atoms with Crippen molar-refractivity contribution in [2.75, 3.05) is 79.5 Å². The van der Waals surface area contributed by atoms with Crippen molar-refractivity contribution in [2.45, 2.75) is 175 Å². The Hall–Kier alpha value is -3.18. The van der Waals surface area contributed by atoms with E-state index in [0.717, 1.165) is 44.9 Å². The van der Waals surface area contributed by atoms with Crippen LogP contribution in [0, 0.1) is 5.41 Å². The molecule has 0 aliphatic heterocycles. The molecule has 62 heavy (non-hydrogen) atoms. The maximum atomic E-state index is 13.1. The molecule has 0 saturated heterocycles. The van der Waals surface area contributed by atoms with Gasteiger partial charge in [0.05, 0.1) is 45.7 Å². The zero-order valence-corrected chi connectivity index (χ0v) is 39.9. The lowest BCUT2D eigenvalue weighted by molar-refractivity contribution is -0.142. The van der Waals surface area contributed by atoms with Crippen molar-refractivity contribution >= 4 is 35.4 Å². The van der Waals surface area contributed by atoms with E-state index in [1.807, 2.05) is 27.8 Å². The highest BCUT2D eigenvalue weighted by Gasteiger charge is 2.35. The Morgan fingerprint density at radius 1 is 0.532 bits per heavy atom. The van der Waals surface area contributed by atoms with Gasteiger partial charge >= 0.3 is 5.97 Å². The number of carbonyl (C=O) groups excluding carboxylic acids is 5. The molecule has 0 spiro atoms. The molecule has 2 atom stereocenters. The molecule has 16 nitrogen and oxygen atoms in total. The number of ketones is 1. The van der Waals surface area contributed by atoms with Gasteiger partial charge in [0.2, 0.25) is 23.6 Å². The molecule has 0 heterocycles. The number of amides is 4. The molecule has 0 aromatic rings.